The number of carbonyl (C=O) groups excluding carboxylic acids is 2. The summed E-state index contributed by atoms with van der Waals surface area (Å²) in [6.07, 6.45) is 0. The van der Waals surface area contributed by atoms with Crippen LogP contribution >= 0.6 is 11.3 Å². The highest BCUT2D eigenvalue weighted by Gasteiger charge is 2.23. The van der Waals surface area contributed by atoms with Crippen LogP contribution in [0.1, 0.15) is 6.92 Å². The van der Waals surface area contributed by atoms with Gasteiger partial charge in [-0.05, 0) is 30.5 Å². The largest absolute Gasteiger partial charge is 0.482 e. The zero-order valence-electron chi connectivity index (χ0n) is 14.9. The number of carbonyl (C=O) groups is 2. The van der Waals surface area contributed by atoms with Gasteiger partial charge in [-0.1, -0.05) is 12.1 Å². The molecule has 0 atom stereocenters. The molecule has 0 bridgehead atoms. The van der Waals surface area contributed by atoms with E-state index in [-0.39, 0.29) is 24.0 Å². The Hall–Kier alpha value is -2.43. The van der Waals surface area contributed by atoms with Gasteiger partial charge < -0.3 is 14.8 Å². The Balaban J connectivity index is 1.94. The van der Waals surface area contributed by atoms with Gasteiger partial charge in [-0.25, -0.2) is 13.2 Å². The van der Waals surface area contributed by atoms with E-state index in [2.05, 4.69) is 5.32 Å². The maximum atomic E-state index is 12.3. The molecule has 1 N–H and O–H groups in total. The smallest absolute Gasteiger partial charge is 0.344 e. The van der Waals surface area contributed by atoms with E-state index >= 15 is 0 Å². The number of thiophene rings is 1. The number of hydrogen-bond donors (Lipinski definition) is 1. The van der Waals surface area contributed by atoms with Crippen molar-refractivity contribution >= 4 is 38.9 Å². The minimum Gasteiger partial charge on any atom is -0.482 e. The third-order valence-corrected chi connectivity index (χ3v) is 6.48. The second-order valence-electron chi connectivity index (χ2n) is 5.36. The van der Waals surface area contributed by atoms with Gasteiger partial charge >= 0.3 is 5.97 Å². The minimum atomic E-state index is -3.70. The number of likely N-dealkylation sites (N-methyl/N-ethyl adjacent to an activating group) is 1. The van der Waals surface area contributed by atoms with E-state index in [0.717, 1.165) is 15.6 Å². The Labute approximate surface area is 161 Å². The average molecular weight is 412 g/mol. The molecule has 2 aromatic rings. The van der Waals surface area contributed by atoms with Crippen molar-refractivity contribution in [2.75, 3.05) is 32.1 Å². The Bertz CT molecular complexity index is 881. The van der Waals surface area contributed by atoms with Crippen LogP contribution in [0.25, 0.3) is 0 Å². The predicted molar refractivity (Wildman–Crippen MR) is 101 cm³/mol. The molecule has 1 heterocycles. The molecule has 1 aromatic heterocycles. The van der Waals surface area contributed by atoms with Crippen molar-refractivity contribution in [3.8, 4) is 5.75 Å². The van der Waals surface area contributed by atoms with Crippen molar-refractivity contribution in [2.24, 2.45) is 0 Å². The van der Waals surface area contributed by atoms with Crippen molar-refractivity contribution in [3.63, 3.8) is 0 Å². The van der Waals surface area contributed by atoms with Crippen LogP contribution < -0.4 is 10.1 Å². The molecular formula is C17H20N2O6S2. The average Bonchev–Trinajstić information content (AvgIpc) is 3.16. The summed E-state index contributed by atoms with van der Waals surface area (Å²) < 4.78 is 35.9. The number of nitrogens with zero attached hydrogens (tertiary/aromatic N) is 1. The molecule has 0 fully saturated rings. The van der Waals surface area contributed by atoms with Crippen LogP contribution in [0.5, 0.6) is 5.75 Å². The molecule has 0 aliphatic rings. The molecule has 0 radical (unpaired) electrons. The lowest BCUT2D eigenvalue weighted by Gasteiger charge is -2.16. The molecule has 2 rings (SSSR count). The zero-order chi connectivity index (χ0) is 19.9. The number of benzene rings is 1. The van der Waals surface area contributed by atoms with Gasteiger partial charge in [0.25, 0.3) is 10.0 Å². The first kappa shape index (κ1) is 20.9. The fraction of sp³-hybridized carbons (Fsp3) is 0.294. The van der Waals surface area contributed by atoms with Crippen molar-refractivity contribution in [1.29, 1.82) is 0 Å². The van der Waals surface area contributed by atoms with Crippen LogP contribution in [0.15, 0.2) is 46.0 Å². The van der Waals surface area contributed by atoms with E-state index in [1.165, 1.54) is 19.2 Å². The second kappa shape index (κ2) is 9.49. The van der Waals surface area contributed by atoms with E-state index in [1.807, 2.05) is 0 Å². The van der Waals surface area contributed by atoms with Gasteiger partial charge in [0.15, 0.2) is 6.61 Å². The highest BCUT2D eigenvalue weighted by Crippen LogP contribution is 2.20. The van der Waals surface area contributed by atoms with E-state index in [0.29, 0.717) is 11.4 Å². The summed E-state index contributed by atoms with van der Waals surface area (Å²) >= 11 is 1.09. The highest BCUT2D eigenvalue weighted by molar-refractivity contribution is 7.91. The lowest BCUT2D eigenvalue weighted by atomic mass is 10.3. The molecule has 0 aliphatic heterocycles. The molecule has 1 amide bonds. The fourth-order valence-electron chi connectivity index (χ4n) is 2.06. The lowest BCUT2D eigenvalue weighted by Crippen LogP contribution is -2.34. The van der Waals surface area contributed by atoms with Crippen molar-refractivity contribution in [3.05, 3.63) is 41.8 Å². The molecule has 0 saturated heterocycles. The van der Waals surface area contributed by atoms with Crippen LogP contribution in [-0.4, -0.2) is 51.4 Å². The monoisotopic (exact) mass is 412 g/mol. The number of sulfonamides is 1. The van der Waals surface area contributed by atoms with Crippen LogP contribution in [-0.2, 0) is 24.3 Å². The summed E-state index contributed by atoms with van der Waals surface area (Å²) in [5.41, 5.74) is 0.420. The zero-order valence-corrected chi connectivity index (χ0v) is 16.5. The Morgan fingerprint density at radius 3 is 2.67 bits per heavy atom. The molecule has 0 aliphatic carbocycles. The number of amides is 1. The van der Waals surface area contributed by atoms with Crippen molar-refractivity contribution in [2.45, 2.75) is 11.1 Å². The lowest BCUT2D eigenvalue weighted by molar-refractivity contribution is -0.145. The maximum Gasteiger partial charge on any atom is 0.344 e. The molecule has 8 nitrogen and oxygen atoms in total. The molecule has 0 spiro atoms. The molecule has 0 unspecified atom stereocenters. The molecule has 1 aromatic carbocycles. The fourth-order valence-corrected chi connectivity index (χ4v) is 4.39. The number of anilines is 1. The number of rotatable bonds is 9. The van der Waals surface area contributed by atoms with Gasteiger partial charge in [0, 0.05) is 18.8 Å². The minimum absolute atomic E-state index is 0.173. The van der Waals surface area contributed by atoms with Gasteiger partial charge in [0.05, 0.1) is 13.2 Å². The standard InChI is InChI=1S/C17H20N2O6S2/c1-3-24-16(21)12-25-14-7-4-6-13(10-14)18-15(20)11-19(2)27(22,23)17-8-5-9-26-17/h4-10H,3,11-12H2,1-2H3,(H,18,20). The van der Waals surface area contributed by atoms with E-state index in [9.17, 15) is 18.0 Å². The van der Waals surface area contributed by atoms with Gasteiger partial charge in [-0.15, -0.1) is 11.3 Å². The summed E-state index contributed by atoms with van der Waals surface area (Å²) in [5, 5.41) is 4.26. The number of ether oxygens (including phenoxy) is 2. The van der Waals surface area contributed by atoms with E-state index in [1.54, 1.807) is 36.6 Å². The maximum absolute atomic E-state index is 12.3. The first-order valence-electron chi connectivity index (χ1n) is 8.01. The summed E-state index contributed by atoms with van der Waals surface area (Å²) in [6.45, 7) is 1.38. The highest BCUT2D eigenvalue weighted by atomic mass is 32.2. The van der Waals surface area contributed by atoms with Crippen LogP contribution in [0.2, 0.25) is 0 Å². The Morgan fingerprint density at radius 1 is 1.22 bits per heavy atom. The van der Waals surface area contributed by atoms with Crippen LogP contribution in [0.3, 0.4) is 0 Å². The first-order valence-corrected chi connectivity index (χ1v) is 10.3. The number of esters is 1. The molecule has 146 valence electrons. The number of hydrogen-bond acceptors (Lipinski definition) is 7. The van der Waals surface area contributed by atoms with E-state index in [4.69, 9.17) is 9.47 Å². The third kappa shape index (κ3) is 6.05. The van der Waals surface area contributed by atoms with Gasteiger partial charge in [-0.2, -0.15) is 4.31 Å². The summed E-state index contributed by atoms with van der Waals surface area (Å²) in [5.74, 6) is -0.618. The quantitative estimate of drug-likeness (QED) is 0.632. The van der Waals surface area contributed by atoms with Crippen LogP contribution in [0.4, 0.5) is 5.69 Å². The van der Waals surface area contributed by atoms with E-state index < -0.39 is 21.9 Å². The number of nitrogens with one attached hydrogen (secondary N) is 1. The summed E-state index contributed by atoms with van der Waals surface area (Å²) in [6, 6.07) is 9.55. The SMILES string of the molecule is CCOC(=O)COc1cccc(NC(=O)CN(C)S(=O)(=O)c2cccs2)c1. The predicted octanol–water partition coefficient (Wildman–Crippen LogP) is 1.95. The molecular weight excluding hydrogens is 392 g/mol. The first-order chi connectivity index (χ1) is 12.8. The van der Waals surface area contributed by atoms with Gasteiger partial charge in [0.1, 0.15) is 9.96 Å². The topological polar surface area (TPSA) is 102 Å². The van der Waals surface area contributed by atoms with Crippen LogP contribution in [0, 0.1) is 0 Å². The normalized spacial score (nSPS) is 11.2. The summed E-state index contributed by atoms with van der Waals surface area (Å²) in [4.78, 5) is 23.5. The Kier molecular flexibility index (Phi) is 7.34. The molecule has 27 heavy (non-hydrogen) atoms. The molecule has 10 heteroatoms. The van der Waals surface area contributed by atoms with Gasteiger partial charge in [-0.3, -0.25) is 4.79 Å². The molecule has 0 saturated carbocycles. The Morgan fingerprint density at radius 2 is 2.00 bits per heavy atom. The van der Waals surface area contributed by atoms with Crippen molar-refractivity contribution in [1.82, 2.24) is 4.31 Å². The second-order valence-corrected chi connectivity index (χ2v) is 8.58. The van der Waals surface area contributed by atoms with Gasteiger partial charge in [0.2, 0.25) is 5.91 Å². The van der Waals surface area contributed by atoms with Crippen molar-refractivity contribution < 1.29 is 27.5 Å². The third-order valence-electron chi connectivity index (χ3n) is 3.31. The summed E-state index contributed by atoms with van der Waals surface area (Å²) in [7, 11) is -2.36.